The number of benzene rings is 2. The lowest BCUT2D eigenvalue weighted by molar-refractivity contribution is 0.0727. The van der Waals surface area contributed by atoms with E-state index in [-0.39, 0.29) is 5.91 Å². The molecule has 3 heteroatoms. The Balaban J connectivity index is 1.87. The van der Waals surface area contributed by atoms with E-state index in [0.717, 1.165) is 23.1 Å². The molecule has 0 unspecified atom stereocenters. The van der Waals surface area contributed by atoms with Gasteiger partial charge in [0.1, 0.15) is 0 Å². The summed E-state index contributed by atoms with van der Waals surface area (Å²) in [4.78, 5) is 14.3. The molecule has 0 spiro atoms. The summed E-state index contributed by atoms with van der Waals surface area (Å²) in [6.45, 7) is 1.20. The minimum absolute atomic E-state index is 0.0552. The number of carbonyl (C=O) groups excluding carboxylic acids is 1. The zero-order valence-electron chi connectivity index (χ0n) is 11.0. The summed E-state index contributed by atoms with van der Waals surface area (Å²) in [5.41, 5.74) is 3.44. The monoisotopic (exact) mass is 262 g/mol. The average molecular weight is 262 g/mol. The molecular formula is C17H14N2O. The first-order chi connectivity index (χ1) is 9.79. The van der Waals surface area contributed by atoms with E-state index < -0.39 is 0 Å². The van der Waals surface area contributed by atoms with Crippen LogP contribution in [0.4, 0.5) is 0 Å². The Bertz CT molecular complexity index is 700. The van der Waals surface area contributed by atoms with Crippen LogP contribution in [0.3, 0.4) is 0 Å². The Hall–Kier alpha value is -2.60. The predicted octanol–water partition coefficient (Wildman–Crippen LogP) is 2.76. The second kappa shape index (κ2) is 5.18. The molecule has 2 aromatic carbocycles. The lowest BCUT2D eigenvalue weighted by atomic mass is 9.98. The third kappa shape index (κ3) is 2.17. The molecule has 0 saturated heterocycles. The van der Waals surface area contributed by atoms with Gasteiger partial charge in [0.15, 0.2) is 0 Å². The van der Waals surface area contributed by atoms with E-state index in [4.69, 9.17) is 5.26 Å². The second-order valence-electron chi connectivity index (χ2n) is 4.90. The number of nitriles is 1. The highest BCUT2D eigenvalue weighted by molar-refractivity contribution is 5.96. The Morgan fingerprint density at radius 1 is 1.10 bits per heavy atom. The van der Waals surface area contributed by atoms with E-state index in [2.05, 4.69) is 6.07 Å². The molecule has 3 rings (SSSR count). The van der Waals surface area contributed by atoms with Crippen molar-refractivity contribution in [1.29, 1.82) is 5.26 Å². The molecular weight excluding hydrogens is 248 g/mol. The highest BCUT2D eigenvalue weighted by Crippen LogP contribution is 2.21. The van der Waals surface area contributed by atoms with E-state index in [9.17, 15) is 4.79 Å². The maximum atomic E-state index is 12.5. The highest BCUT2D eigenvalue weighted by atomic mass is 16.2. The largest absolute Gasteiger partial charge is 0.334 e. The molecule has 1 heterocycles. The van der Waals surface area contributed by atoms with Gasteiger partial charge in [0.05, 0.1) is 11.6 Å². The molecule has 0 radical (unpaired) electrons. The molecule has 0 atom stereocenters. The standard InChI is InChI=1S/C17H14N2O/c18-11-14-6-1-2-7-15(14)12-19-10-9-13-5-3-4-8-16(13)17(19)20/h1-8H,9-10,12H2. The average Bonchev–Trinajstić information content (AvgIpc) is 2.51. The third-order valence-electron chi connectivity index (χ3n) is 3.69. The first-order valence-corrected chi connectivity index (χ1v) is 6.65. The molecule has 0 aromatic heterocycles. The number of hydrogen-bond acceptors (Lipinski definition) is 2. The molecule has 20 heavy (non-hydrogen) atoms. The van der Waals surface area contributed by atoms with Gasteiger partial charge in [-0.05, 0) is 29.7 Å². The van der Waals surface area contributed by atoms with Gasteiger partial charge in [-0.3, -0.25) is 4.79 Å². The Morgan fingerprint density at radius 2 is 1.85 bits per heavy atom. The van der Waals surface area contributed by atoms with Crippen LogP contribution in [0.1, 0.15) is 27.0 Å². The number of nitrogens with zero attached hydrogens (tertiary/aromatic N) is 2. The van der Waals surface area contributed by atoms with Crippen molar-refractivity contribution in [2.45, 2.75) is 13.0 Å². The molecule has 1 amide bonds. The Labute approximate surface area is 118 Å². The highest BCUT2D eigenvalue weighted by Gasteiger charge is 2.24. The van der Waals surface area contributed by atoms with E-state index in [1.807, 2.05) is 47.4 Å². The SMILES string of the molecule is N#Cc1ccccc1CN1CCc2ccccc2C1=O. The van der Waals surface area contributed by atoms with E-state index in [1.165, 1.54) is 0 Å². The van der Waals surface area contributed by atoms with Crippen LogP contribution in [-0.2, 0) is 13.0 Å². The minimum Gasteiger partial charge on any atom is -0.334 e. The normalized spacial score (nSPS) is 13.8. The lowest BCUT2D eigenvalue weighted by Crippen LogP contribution is -2.37. The van der Waals surface area contributed by atoms with Crippen molar-refractivity contribution in [3.8, 4) is 6.07 Å². The summed E-state index contributed by atoms with van der Waals surface area (Å²) in [5, 5.41) is 9.12. The summed E-state index contributed by atoms with van der Waals surface area (Å²) < 4.78 is 0. The smallest absolute Gasteiger partial charge is 0.254 e. The van der Waals surface area contributed by atoms with Crippen molar-refractivity contribution in [1.82, 2.24) is 4.90 Å². The number of fused-ring (bicyclic) bond motifs is 1. The summed E-state index contributed by atoms with van der Waals surface area (Å²) in [6.07, 6.45) is 0.872. The van der Waals surface area contributed by atoms with Crippen LogP contribution in [-0.4, -0.2) is 17.4 Å². The molecule has 1 aliphatic heterocycles. The lowest BCUT2D eigenvalue weighted by Gasteiger charge is -2.28. The molecule has 0 aliphatic carbocycles. The Kier molecular flexibility index (Phi) is 3.22. The van der Waals surface area contributed by atoms with Crippen molar-refractivity contribution in [2.24, 2.45) is 0 Å². The van der Waals surface area contributed by atoms with E-state index in [1.54, 1.807) is 6.07 Å². The fourth-order valence-electron chi connectivity index (χ4n) is 2.60. The van der Waals surface area contributed by atoms with Crippen molar-refractivity contribution in [3.63, 3.8) is 0 Å². The van der Waals surface area contributed by atoms with Gasteiger partial charge in [0.2, 0.25) is 0 Å². The van der Waals surface area contributed by atoms with Gasteiger partial charge >= 0.3 is 0 Å². The van der Waals surface area contributed by atoms with Crippen LogP contribution < -0.4 is 0 Å². The number of rotatable bonds is 2. The van der Waals surface area contributed by atoms with Crippen LogP contribution in [0.25, 0.3) is 0 Å². The van der Waals surface area contributed by atoms with Gasteiger partial charge in [-0.2, -0.15) is 5.26 Å². The third-order valence-corrected chi connectivity index (χ3v) is 3.69. The first-order valence-electron chi connectivity index (χ1n) is 6.65. The zero-order valence-corrected chi connectivity index (χ0v) is 11.0. The second-order valence-corrected chi connectivity index (χ2v) is 4.90. The molecule has 3 nitrogen and oxygen atoms in total. The summed E-state index contributed by atoms with van der Waals surface area (Å²) in [7, 11) is 0. The van der Waals surface area contributed by atoms with Gasteiger partial charge in [-0.15, -0.1) is 0 Å². The van der Waals surface area contributed by atoms with E-state index >= 15 is 0 Å². The summed E-state index contributed by atoms with van der Waals surface area (Å²) in [6, 6.07) is 17.4. The summed E-state index contributed by atoms with van der Waals surface area (Å²) in [5.74, 6) is 0.0552. The molecule has 0 N–H and O–H groups in total. The number of hydrogen-bond donors (Lipinski definition) is 0. The predicted molar refractivity (Wildman–Crippen MR) is 76.0 cm³/mol. The van der Waals surface area contributed by atoms with Crippen molar-refractivity contribution < 1.29 is 4.79 Å². The van der Waals surface area contributed by atoms with Crippen LogP contribution in [0.15, 0.2) is 48.5 Å². The van der Waals surface area contributed by atoms with Crippen molar-refractivity contribution >= 4 is 5.91 Å². The van der Waals surface area contributed by atoms with Gasteiger partial charge in [0, 0.05) is 18.7 Å². The number of amides is 1. The van der Waals surface area contributed by atoms with Crippen molar-refractivity contribution in [3.05, 3.63) is 70.8 Å². The van der Waals surface area contributed by atoms with Crippen LogP contribution >= 0.6 is 0 Å². The Morgan fingerprint density at radius 3 is 2.70 bits per heavy atom. The van der Waals surface area contributed by atoms with Gasteiger partial charge in [0.25, 0.3) is 5.91 Å². The maximum Gasteiger partial charge on any atom is 0.254 e. The fraction of sp³-hybridized carbons (Fsp3) is 0.176. The van der Waals surface area contributed by atoms with Gasteiger partial charge in [-0.25, -0.2) is 0 Å². The molecule has 0 fully saturated rings. The molecule has 1 aliphatic rings. The zero-order chi connectivity index (χ0) is 13.9. The molecule has 0 bridgehead atoms. The van der Waals surface area contributed by atoms with Gasteiger partial charge in [-0.1, -0.05) is 36.4 Å². The van der Waals surface area contributed by atoms with Crippen LogP contribution in [0.2, 0.25) is 0 Å². The topological polar surface area (TPSA) is 44.1 Å². The molecule has 2 aromatic rings. The maximum absolute atomic E-state index is 12.5. The van der Waals surface area contributed by atoms with E-state index in [0.29, 0.717) is 18.7 Å². The summed E-state index contributed by atoms with van der Waals surface area (Å²) >= 11 is 0. The van der Waals surface area contributed by atoms with Crippen LogP contribution in [0.5, 0.6) is 0 Å². The van der Waals surface area contributed by atoms with Crippen molar-refractivity contribution in [2.75, 3.05) is 6.54 Å². The first kappa shape index (κ1) is 12.4. The van der Waals surface area contributed by atoms with Crippen LogP contribution in [0, 0.1) is 11.3 Å². The number of carbonyl (C=O) groups is 1. The molecule has 0 saturated carbocycles. The quantitative estimate of drug-likeness (QED) is 0.835. The minimum atomic E-state index is 0.0552. The molecule has 98 valence electrons. The fourth-order valence-corrected chi connectivity index (χ4v) is 2.60. The van der Waals surface area contributed by atoms with Gasteiger partial charge < -0.3 is 4.90 Å².